The third-order valence-corrected chi connectivity index (χ3v) is 2.92. The quantitative estimate of drug-likeness (QED) is 0.843. The van der Waals surface area contributed by atoms with Gasteiger partial charge in [0.2, 0.25) is 7.98 Å². The van der Waals surface area contributed by atoms with E-state index in [1.807, 2.05) is 0 Å². The molecule has 1 aromatic carbocycles. The Morgan fingerprint density at radius 1 is 1.30 bits per heavy atom. The van der Waals surface area contributed by atoms with E-state index in [0.717, 1.165) is 0 Å². The minimum absolute atomic E-state index is 0.363. The average molecular weight is 310 g/mol. The first kappa shape index (κ1) is 16.5. The molecule has 2 rings (SSSR count). The van der Waals surface area contributed by atoms with Crippen LogP contribution in [0.15, 0.2) is 36.5 Å². The van der Waals surface area contributed by atoms with Crippen molar-refractivity contribution in [3.63, 3.8) is 0 Å². The normalized spacial score (nSPS) is 10.1. The Hall–Kier alpha value is -2.83. The van der Waals surface area contributed by atoms with Crippen LogP contribution in [0.1, 0.15) is 10.5 Å². The molecule has 1 aromatic heterocycles. The van der Waals surface area contributed by atoms with Gasteiger partial charge >= 0.3 is 14.0 Å². The molecule has 0 aliphatic heterocycles. The van der Waals surface area contributed by atoms with Crippen LogP contribution in [-0.2, 0) is 9.45 Å². The molecule has 2 aromatic rings. The second kappa shape index (κ2) is 6.95. The number of aromatic hydroxyl groups is 1. The summed E-state index contributed by atoms with van der Waals surface area (Å²) in [6.45, 7) is -0.609. The highest BCUT2D eigenvalue weighted by atomic mass is 19.1. The van der Waals surface area contributed by atoms with Gasteiger partial charge in [0.25, 0.3) is 5.91 Å². The lowest BCUT2D eigenvalue weighted by atomic mass is 10.1. The molecule has 0 aliphatic carbocycles. The van der Waals surface area contributed by atoms with E-state index in [4.69, 9.17) is 7.98 Å². The minimum atomic E-state index is -0.934. The number of aromatic nitrogens is 1. The molecule has 4 radical (unpaired) electrons. The molecule has 1 heterocycles. The fourth-order valence-corrected chi connectivity index (χ4v) is 1.83. The number of hydrogen-bond donors (Lipinski definition) is 1. The molecular weight excluding hydrogens is 301 g/mol. The summed E-state index contributed by atoms with van der Waals surface area (Å²) in [5.74, 6) is -2.75. The van der Waals surface area contributed by atoms with Gasteiger partial charge in [0.15, 0.2) is 5.69 Å². The molecule has 0 saturated carbocycles. The van der Waals surface area contributed by atoms with Crippen molar-refractivity contribution in [2.75, 3.05) is 6.54 Å². The molecule has 0 atom stereocenters. The van der Waals surface area contributed by atoms with Crippen LogP contribution in [0.4, 0.5) is 4.39 Å². The monoisotopic (exact) mass is 310 g/mol. The maximum absolute atomic E-state index is 13.2. The zero-order valence-corrected chi connectivity index (χ0v) is 11.8. The number of nitrogens with zero attached hydrogens (tertiary/aromatic N) is 2. The van der Waals surface area contributed by atoms with Gasteiger partial charge in [-0.1, -0.05) is 12.1 Å². The molecule has 9 heteroatoms. The molecule has 0 aliphatic rings. The maximum Gasteiger partial charge on any atom is 0.378 e. The Labute approximate surface area is 133 Å². The van der Waals surface area contributed by atoms with Crippen molar-refractivity contribution < 1.29 is 23.7 Å². The van der Waals surface area contributed by atoms with Gasteiger partial charge in [-0.15, -0.1) is 0 Å². The summed E-state index contributed by atoms with van der Waals surface area (Å²) in [5.41, 5.74) is 0.518. The van der Waals surface area contributed by atoms with Crippen molar-refractivity contribution in [2.45, 2.75) is 0 Å². The number of rotatable bonds is 4. The standard InChI is InChI=1S/C14H9B2FN2O4/c15-19(7-12(21)23-16)14(22)13-11(20)5-9(6-18-13)8-2-1-3-10(17)4-8/h1-6,20H,7H2. The van der Waals surface area contributed by atoms with E-state index in [1.54, 1.807) is 6.07 Å². The van der Waals surface area contributed by atoms with Gasteiger partial charge < -0.3 is 14.6 Å². The molecule has 23 heavy (non-hydrogen) atoms. The zero-order valence-electron chi connectivity index (χ0n) is 11.8. The predicted octanol–water partition coefficient (Wildman–Crippen LogP) is 0.746. The average Bonchev–Trinajstić information content (AvgIpc) is 2.53. The van der Waals surface area contributed by atoms with Gasteiger partial charge in [0, 0.05) is 11.8 Å². The number of amides is 1. The maximum atomic E-state index is 13.2. The van der Waals surface area contributed by atoms with Crippen LogP contribution in [0.25, 0.3) is 11.1 Å². The number of carbonyl (C=O) groups is 2. The third-order valence-electron chi connectivity index (χ3n) is 2.92. The van der Waals surface area contributed by atoms with E-state index >= 15 is 0 Å². The topological polar surface area (TPSA) is 79.7 Å². The number of hydrogen-bond acceptors (Lipinski definition) is 5. The fourth-order valence-electron chi connectivity index (χ4n) is 1.83. The molecule has 0 fully saturated rings. The van der Waals surface area contributed by atoms with E-state index in [2.05, 4.69) is 17.7 Å². The van der Waals surface area contributed by atoms with E-state index in [-0.39, 0.29) is 5.69 Å². The number of halogens is 1. The summed E-state index contributed by atoms with van der Waals surface area (Å²) < 4.78 is 17.1. The van der Waals surface area contributed by atoms with Crippen molar-refractivity contribution in [1.29, 1.82) is 0 Å². The van der Waals surface area contributed by atoms with Crippen molar-refractivity contribution in [3.05, 3.63) is 48.0 Å². The lowest BCUT2D eigenvalue weighted by Gasteiger charge is -2.16. The van der Waals surface area contributed by atoms with Crippen LogP contribution in [0.3, 0.4) is 0 Å². The van der Waals surface area contributed by atoms with Crippen LogP contribution in [0, 0.1) is 5.82 Å². The van der Waals surface area contributed by atoms with Gasteiger partial charge in [-0.2, -0.15) is 0 Å². The Morgan fingerprint density at radius 3 is 2.65 bits per heavy atom. The molecule has 6 nitrogen and oxygen atoms in total. The van der Waals surface area contributed by atoms with Crippen LogP contribution in [0.2, 0.25) is 0 Å². The number of benzene rings is 1. The molecule has 1 amide bonds. The Balaban J connectivity index is 2.25. The summed E-state index contributed by atoms with van der Waals surface area (Å²) >= 11 is 0. The van der Waals surface area contributed by atoms with E-state index < -0.39 is 30.0 Å². The first-order chi connectivity index (χ1) is 10.9. The molecule has 0 saturated heterocycles. The van der Waals surface area contributed by atoms with Gasteiger partial charge in [-0.25, -0.2) is 9.37 Å². The van der Waals surface area contributed by atoms with Crippen molar-refractivity contribution in [2.24, 2.45) is 0 Å². The van der Waals surface area contributed by atoms with E-state index in [0.29, 0.717) is 15.9 Å². The lowest BCUT2D eigenvalue weighted by molar-refractivity contribution is -0.133. The van der Waals surface area contributed by atoms with Crippen LogP contribution in [-0.4, -0.2) is 49.4 Å². The molecule has 0 bridgehead atoms. The first-order valence-electron chi connectivity index (χ1n) is 6.33. The molecule has 0 spiro atoms. The van der Waals surface area contributed by atoms with Crippen molar-refractivity contribution >= 4 is 27.9 Å². The summed E-state index contributed by atoms with van der Waals surface area (Å²) in [7, 11) is 10.0. The Kier molecular flexibility index (Phi) is 5.00. The van der Waals surface area contributed by atoms with Crippen LogP contribution >= 0.6 is 0 Å². The second-order valence-corrected chi connectivity index (χ2v) is 4.52. The van der Waals surface area contributed by atoms with Gasteiger partial charge in [-0.3, -0.25) is 9.59 Å². The zero-order chi connectivity index (χ0) is 17.0. The highest BCUT2D eigenvalue weighted by Crippen LogP contribution is 2.25. The third kappa shape index (κ3) is 3.88. The molecule has 112 valence electrons. The smallest absolute Gasteiger partial charge is 0.378 e. The predicted molar refractivity (Wildman–Crippen MR) is 79.9 cm³/mol. The molecule has 1 N–H and O–H groups in total. The summed E-state index contributed by atoms with van der Waals surface area (Å²) in [6.07, 6.45) is 1.27. The fraction of sp³-hybridized carbons (Fsp3) is 0.0714. The number of carbonyl (C=O) groups excluding carboxylic acids is 2. The van der Waals surface area contributed by atoms with Gasteiger partial charge in [-0.05, 0) is 23.8 Å². The first-order valence-corrected chi connectivity index (χ1v) is 6.33. The Morgan fingerprint density at radius 2 is 2.04 bits per heavy atom. The van der Waals surface area contributed by atoms with E-state index in [1.165, 1.54) is 30.5 Å². The highest BCUT2D eigenvalue weighted by Gasteiger charge is 2.19. The molecular formula is C14H9B2FN2O4. The van der Waals surface area contributed by atoms with Crippen LogP contribution in [0.5, 0.6) is 5.75 Å². The Bertz CT molecular complexity index is 757. The highest BCUT2D eigenvalue weighted by molar-refractivity contribution is 6.20. The minimum Gasteiger partial charge on any atom is -0.542 e. The summed E-state index contributed by atoms with van der Waals surface area (Å²) in [5, 5.41) is 9.93. The summed E-state index contributed by atoms with van der Waals surface area (Å²) in [6, 6.07) is 6.89. The van der Waals surface area contributed by atoms with Crippen molar-refractivity contribution in [3.8, 4) is 16.9 Å². The van der Waals surface area contributed by atoms with Crippen molar-refractivity contribution in [1.82, 2.24) is 9.79 Å². The second-order valence-electron chi connectivity index (χ2n) is 4.52. The van der Waals surface area contributed by atoms with Crippen LogP contribution < -0.4 is 0 Å². The summed E-state index contributed by atoms with van der Waals surface area (Å²) in [4.78, 5) is 27.3. The lowest BCUT2D eigenvalue weighted by Crippen LogP contribution is -2.34. The van der Waals surface area contributed by atoms with Gasteiger partial charge in [0.1, 0.15) is 18.1 Å². The largest absolute Gasteiger partial charge is 0.542 e. The van der Waals surface area contributed by atoms with E-state index in [9.17, 15) is 19.1 Å². The number of pyridine rings is 1. The SMILES string of the molecule is [B]OC(=O)CN([B])C(=O)c1ncc(-c2cccc(F)c2)cc1O. The molecule has 0 unspecified atom stereocenters. The van der Waals surface area contributed by atoms with Gasteiger partial charge in [0.05, 0.1) is 0 Å².